The number of aliphatic hydroxyl groups excluding tert-OH is 1. The highest BCUT2D eigenvalue weighted by Gasteiger charge is 2.29. The normalized spacial score (nSPS) is 20.4. The van der Waals surface area contributed by atoms with Crippen LogP contribution in [0.4, 0.5) is 5.69 Å². The lowest BCUT2D eigenvalue weighted by Gasteiger charge is -2.39. The minimum absolute atomic E-state index is 0.186. The molecule has 0 aliphatic carbocycles. The lowest BCUT2D eigenvalue weighted by Crippen LogP contribution is -2.40. The van der Waals surface area contributed by atoms with E-state index in [9.17, 15) is 9.90 Å². The second-order valence-corrected chi connectivity index (χ2v) is 9.35. The monoisotopic (exact) mass is 372 g/mol. The van der Waals surface area contributed by atoms with Crippen molar-refractivity contribution in [2.75, 3.05) is 31.1 Å². The van der Waals surface area contributed by atoms with Crippen molar-refractivity contribution in [3.05, 3.63) is 29.3 Å². The predicted molar refractivity (Wildman–Crippen MR) is 111 cm³/mol. The first kappa shape index (κ1) is 20.3. The smallest absolute Gasteiger partial charge is 0.226 e. The second kappa shape index (κ2) is 8.32. The summed E-state index contributed by atoms with van der Waals surface area (Å²) >= 11 is 0. The van der Waals surface area contributed by atoms with Gasteiger partial charge in [-0.25, -0.2) is 0 Å². The highest BCUT2D eigenvalue weighted by molar-refractivity contribution is 5.94. The third kappa shape index (κ3) is 4.72. The SMILES string of the molecule is CCC(=O)N1CCCc2cc([C@@H](O)CN3CCC(C(C)(C)C)CC3)ccc21. The minimum Gasteiger partial charge on any atom is -0.387 e. The summed E-state index contributed by atoms with van der Waals surface area (Å²) in [4.78, 5) is 16.5. The van der Waals surface area contributed by atoms with E-state index in [-0.39, 0.29) is 5.91 Å². The zero-order chi connectivity index (χ0) is 19.6. The topological polar surface area (TPSA) is 43.8 Å². The molecule has 1 aromatic carbocycles. The van der Waals surface area contributed by atoms with E-state index >= 15 is 0 Å². The van der Waals surface area contributed by atoms with Crippen molar-refractivity contribution in [3.8, 4) is 0 Å². The van der Waals surface area contributed by atoms with Crippen molar-refractivity contribution in [2.45, 2.75) is 65.9 Å². The Morgan fingerprint density at radius 1 is 1.22 bits per heavy atom. The molecule has 1 aromatic rings. The van der Waals surface area contributed by atoms with Gasteiger partial charge in [0.1, 0.15) is 0 Å². The van der Waals surface area contributed by atoms with Crippen LogP contribution in [0.25, 0.3) is 0 Å². The largest absolute Gasteiger partial charge is 0.387 e. The fraction of sp³-hybridized carbons (Fsp3) is 0.696. The quantitative estimate of drug-likeness (QED) is 0.863. The molecule has 0 saturated carbocycles. The molecule has 4 nitrogen and oxygen atoms in total. The van der Waals surface area contributed by atoms with Crippen LogP contribution in [0.15, 0.2) is 18.2 Å². The molecule has 1 fully saturated rings. The van der Waals surface area contributed by atoms with Crippen LogP contribution >= 0.6 is 0 Å². The molecule has 0 spiro atoms. The number of likely N-dealkylation sites (tertiary alicyclic amines) is 1. The Kier molecular flexibility index (Phi) is 6.27. The first-order valence-electron chi connectivity index (χ1n) is 10.6. The number of carbonyl (C=O) groups excluding carboxylic acids is 1. The van der Waals surface area contributed by atoms with Gasteiger partial charge in [-0.15, -0.1) is 0 Å². The molecule has 1 saturated heterocycles. The van der Waals surface area contributed by atoms with Gasteiger partial charge < -0.3 is 14.9 Å². The molecule has 0 unspecified atom stereocenters. The van der Waals surface area contributed by atoms with Crippen LogP contribution < -0.4 is 4.90 Å². The summed E-state index contributed by atoms with van der Waals surface area (Å²) < 4.78 is 0. The standard InChI is InChI=1S/C23H36N2O2/c1-5-22(27)25-12-6-7-17-15-18(8-9-20(17)25)21(26)16-24-13-10-19(11-14-24)23(2,3)4/h8-9,15,19,21,26H,5-7,10-14,16H2,1-4H3/t21-/m0/s1. The van der Waals surface area contributed by atoms with Gasteiger partial charge in [0.25, 0.3) is 0 Å². The van der Waals surface area contributed by atoms with Crippen LogP contribution in [-0.4, -0.2) is 42.1 Å². The van der Waals surface area contributed by atoms with Gasteiger partial charge >= 0.3 is 0 Å². The van der Waals surface area contributed by atoms with Gasteiger partial charge in [0.2, 0.25) is 5.91 Å². The number of β-amino-alcohol motifs (C(OH)–C–C–N with tert-alkyl or cyclic N) is 1. The number of benzene rings is 1. The maximum Gasteiger partial charge on any atom is 0.226 e. The molecule has 27 heavy (non-hydrogen) atoms. The second-order valence-electron chi connectivity index (χ2n) is 9.35. The Bertz CT molecular complexity index is 657. The fourth-order valence-corrected chi connectivity index (χ4v) is 4.61. The van der Waals surface area contributed by atoms with E-state index in [4.69, 9.17) is 0 Å². The third-order valence-electron chi connectivity index (χ3n) is 6.45. The summed E-state index contributed by atoms with van der Waals surface area (Å²) in [7, 11) is 0. The number of piperidine rings is 1. The van der Waals surface area contributed by atoms with Gasteiger partial charge in [-0.3, -0.25) is 4.79 Å². The van der Waals surface area contributed by atoms with Crippen molar-refractivity contribution in [1.82, 2.24) is 4.90 Å². The van der Waals surface area contributed by atoms with Gasteiger partial charge in [-0.1, -0.05) is 39.8 Å². The number of nitrogens with zero attached hydrogens (tertiary/aromatic N) is 2. The van der Waals surface area contributed by atoms with Gasteiger partial charge in [-0.2, -0.15) is 0 Å². The molecule has 0 radical (unpaired) electrons. The first-order valence-corrected chi connectivity index (χ1v) is 10.6. The third-order valence-corrected chi connectivity index (χ3v) is 6.45. The van der Waals surface area contributed by atoms with Crippen molar-refractivity contribution >= 4 is 11.6 Å². The summed E-state index contributed by atoms with van der Waals surface area (Å²) in [6, 6.07) is 6.16. The van der Waals surface area contributed by atoms with Gasteiger partial charge in [0.15, 0.2) is 0 Å². The Morgan fingerprint density at radius 2 is 1.93 bits per heavy atom. The van der Waals surface area contributed by atoms with E-state index in [1.165, 1.54) is 18.4 Å². The van der Waals surface area contributed by atoms with Crippen LogP contribution in [0, 0.1) is 11.3 Å². The molecular formula is C23H36N2O2. The predicted octanol–water partition coefficient (Wildman–Crippen LogP) is 4.17. The number of hydrogen-bond acceptors (Lipinski definition) is 3. The van der Waals surface area contributed by atoms with Crippen molar-refractivity contribution in [1.29, 1.82) is 0 Å². The minimum atomic E-state index is -0.460. The number of amides is 1. The average Bonchev–Trinajstić information content (AvgIpc) is 2.66. The number of aryl methyl sites for hydroxylation is 1. The summed E-state index contributed by atoms with van der Waals surface area (Å²) in [6.07, 6.45) is 4.50. The molecule has 2 aliphatic rings. The first-order chi connectivity index (χ1) is 12.8. The van der Waals surface area contributed by atoms with Crippen molar-refractivity contribution in [2.24, 2.45) is 11.3 Å². The van der Waals surface area contributed by atoms with Gasteiger partial charge in [-0.05, 0) is 67.3 Å². The summed E-state index contributed by atoms with van der Waals surface area (Å²) in [6.45, 7) is 12.6. The number of hydrogen-bond donors (Lipinski definition) is 1. The van der Waals surface area contributed by atoms with Crippen LogP contribution in [0.5, 0.6) is 0 Å². The number of fused-ring (bicyclic) bond motifs is 1. The maximum absolute atomic E-state index is 12.2. The maximum atomic E-state index is 12.2. The zero-order valence-electron chi connectivity index (χ0n) is 17.5. The lowest BCUT2D eigenvalue weighted by atomic mass is 9.75. The molecule has 0 aromatic heterocycles. The van der Waals surface area contributed by atoms with Gasteiger partial charge in [0.05, 0.1) is 6.10 Å². The summed E-state index contributed by atoms with van der Waals surface area (Å²) in [5.74, 6) is 0.961. The van der Waals surface area contributed by atoms with E-state index in [0.717, 1.165) is 49.6 Å². The molecule has 1 amide bonds. The molecule has 0 bridgehead atoms. The Balaban J connectivity index is 1.63. The van der Waals surface area contributed by atoms with Crippen LogP contribution in [-0.2, 0) is 11.2 Å². The molecule has 150 valence electrons. The highest BCUT2D eigenvalue weighted by Crippen LogP contribution is 2.35. The van der Waals surface area contributed by atoms with Crippen molar-refractivity contribution < 1.29 is 9.90 Å². The van der Waals surface area contributed by atoms with Gasteiger partial charge in [0, 0.05) is 25.2 Å². The average molecular weight is 373 g/mol. The Labute approximate surface area is 164 Å². The van der Waals surface area contributed by atoms with E-state index in [2.05, 4.69) is 31.7 Å². The Hall–Kier alpha value is -1.39. The van der Waals surface area contributed by atoms with E-state index in [1.54, 1.807) is 0 Å². The molecule has 4 heteroatoms. The number of carbonyl (C=O) groups is 1. The molecule has 3 rings (SSSR count). The molecule has 2 aliphatic heterocycles. The lowest BCUT2D eigenvalue weighted by molar-refractivity contribution is -0.118. The number of anilines is 1. The van der Waals surface area contributed by atoms with Crippen LogP contribution in [0.3, 0.4) is 0 Å². The summed E-state index contributed by atoms with van der Waals surface area (Å²) in [5.41, 5.74) is 3.60. The van der Waals surface area contributed by atoms with Crippen LogP contribution in [0.2, 0.25) is 0 Å². The van der Waals surface area contributed by atoms with E-state index < -0.39 is 6.10 Å². The highest BCUT2D eigenvalue weighted by atomic mass is 16.3. The zero-order valence-corrected chi connectivity index (χ0v) is 17.5. The molecule has 1 atom stereocenters. The fourth-order valence-electron chi connectivity index (χ4n) is 4.61. The Morgan fingerprint density at radius 3 is 2.56 bits per heavy atom. The van der Waals surface area contributed by atoms with Crippen LogP contribution in [0.1, 0.15) is 70.6 Å². The number of rotatable bonds is 4. The molecular weight excluding hydrogens is 336 g/mol. The van der Waals surface area contributed by atoms with E-state index in [1.807, 2.05) is 24.0 Å². The molecule has 2 heterocycles. The summed E-state index contributed by atoms with van der Waals surface area (Å²) in [5, 5.41) is 10.8. The van der Waals surface area contributed by atoms with E-state index in [0.29, 0.717) is 18.4 Å². The van der Waals surface area contributed by atoms with Crippen molar-refractivity contribution in [3.63, 3.8) is 0 Å². The molecule has 1 N–H and O–H groups in total. The number of aliphatic hydroxyl groups is 1.